The number of carbonyl (C=O) groups excluding carboxylic acids is 1. The van der Waals surface area contributed by atoms with Crippen molar-refractivity contribution in [2.45, 2.75) is 25.5 Å². The normalized spacial score (nSPS) is 10.7. The van der Waals surface area contributed by atoms with E-state index in [2.05, 4.69) is 26.9 Å². The van der Waals surface area contributed by atoms with Gasteiger partial charge in [0.25, 0.3) is 0 Å². The number of benzene rings is 2. The van der Waals surface area contributed by atoms with Crippen molar-refractivity contribution in [3.05, 3.63) is 71.5 Å². The molecule has 26 heavy (non-hydrogen) atoms. The van der Waals surface area contributed by atoms with Crippen LogP contribution in [-0.4, -0.2) is 32.9 Å². The monoisotopic (exact) mass is 367 g/mol. The molecule has 5 nitrogen and oxygen atoms in total. The van der Waals surface area contributed by atoms with E-state index in [-0.39, 0.29) is 5.78 Å². The Balaban J connectivity index is 1.59. The van der Waals surface area contributed by atoms with Crippen molar-refractivity contribution in [3.63, 3.8) is 0 Å². The van der Waals surface area contributed by atoms with Gasteiger partial charge in [-0.2, -0.15) is 0 Å². The lowest BCUT2D eigenvalue weighted by Gasteiger charge is -2.10. The first-order chi connectivity index (χ1) is 12.6. The lowest BCUT2D eigenvalue weighted by molar-refractivity contribution is 0.101. The van der Waals surface area contributed by atoms with Gasteiger partial charge in [-0.15, -0.1) is 10.2 Å². The second-order valence-corrected chi connectivity index (χ2v) is 6.91. The fourth-order valence-electron chi connectivity index (χ4n) is 2.58. The summed E-state index contributed by atoms with van der Waals surface area (Å²) in [5.41, 5.74) is 1.82. The number of ketones is 1. The molecule has 0 bridgehead atoms. The molecule has 2 aromatic carbocycles. The van der Waals surface area contributed by atoms with Gasteiger partial charge in [-0.05, 0) is 31.5 Å². The maximum atomic E-state index is 11.6. The van der Waals surface area contributed by atoms with Crippen LogP contribution < -0.4 is 4.74 Å². The zero-order valence-corrected chi connectivity index (χ0v) is 15.7. The molecule has 1 heterocycles. The van der Waals surface area contributed by atoms with Crippen molar-refractivity contribution in [2.24, 2.45) is 0 Å². The Hall–Kier alpha value is -2.60. The van der Waals surface area contributed by atoms with Gasteiger partial charge < -0.3 is 9.30 Å². The third kappa shape index (κ3) is 4.52. The van der Waals surface area contributed by atoms with Crippen molar-refractivity contribution in [1.29, 1.82) is 0 Å². The SMILES string of the molecule is CC(=O)c1ccccc1OCCSc1nnc(C)n1Cc1ccccc1. The van der Waals surface area contributed by atoms with E-state index in [4.69, 9.17) is 4.74 Å². The van der Waals surface area contributed by atoms with Crippen LogP contribution >= 0.6 is 11.8 Å². The molecule has 0 aliphatic carbocycles. The molecular weight excluding hydrogens is 346 g/mol. The molecular formula is C20H21N3O2S. The van der Waals surface area contributed by atoms with Gasteiger partial charge in [0.1, 0.15) is 11.6 Å². The zero-order valence-electron chi connectivity index (χ0n) is 14.9. The standard InChI is InChI=1S/C20H21N3O2S/c1-15(24)18-10-6-7-11-19(18)25-12-13-26-20-22-21-16(2)23(20)14-17-8-4-3-5-9-17/h3-11H,12-14H2,1-2H3. The Bertz CT molecular complexity index is 878. The van der Waals surface area contributed by atoms with E-state index in [1.165, 1.54) is 5.56 Å². The van der Waals surface area contributed by atoms with Crippen LogP contribution in [0.2, 0.25) is 0 Å². The summed E-state index contributed by atoms with van der Waals surface area (Å²) in [6, 6.07) is 17.6. The molecule has 0 saturated carbocycles. The van der Waals surface area contributed by atoms with E-state index >= 15 is 0 Å². The molecule has 0 aliphatic heterocycles. The van der Waals surface area contributed by atoms with Crippen molar-refractivity contribution < 1.29 is 9.53 Å². The number of Topliss-reactive ketones (excluding diaryl/α,β-unsaturated/α-hetero) is 1. The van der Waals surface area contributed by atoms with E-state index in [1.54, 1.807) is 24.8 Å². The summed E-state index contributed by atoms with van der Waals surface area (Å²) in [5, 5.41) is 9.33. The number of thioether (sulfide) groups is 1. The molecule has 0 aliphatic rings. The number of aromatic nitrogens is 3. The molecule has 0 radical (unpaired) electrons. The van der Waals surface area contributed by atoms with E-state index in [0.29, 0.717) is 17.9 Å². The van der Waals surface area contributed by atoms with Crippen LogP contribution in [0.1, 0.15) is 28.7 Å². The summed E-state index contributed by atoms with van der Waals surface area (Å²) in [6.45, 7) is 4.74. The summed E-state index contributed by atoms with van der Waals surface area (Å²) in [7, 11) is 0. The Kier molecular flexibility index (Phi) is 6.07. The summed E-state index contributed by atoms with van der Waals surface area (Å²) in [6.07, 6.45) is 0. The number of hydrogen-bond donors (Lipinski definition) is 0. The van der Waals surface area contributed by atoms with Crippen LogP contribution in [0.3, 0.4) is 0 Å². The van der Waals surface area contributed by atoms with Gasteiger partial charge in [0.2, 0.25) is 0 Å². The molecule has 0 atom stereocenters. The van der Waals surface area contributed by atoms with Gasteiger partial charge in [-0.1, -0.05) is 54.2 Å². The first-order valence-corrected chi connectivity index (χ1v) is 9.43. The number of carbonyl (C=O) groups is 1. The number of nitrogens with zero attached hydrogens (tertiary/aromatic N) is 3. The average Bonchev–Trinajstić information content (AvgIpc) is 3.00. The summed E-state index contributed by atoms with van der Waals surface area (Å²) >= 11 is 1.60. The highest BCUT2D eigenvalue weighted by atomic mass is 32.2. The van der Waals surface area contributed by atoms with E-state index in [9.17, 15) is 4.79 Å². The molecule has 0 fully saturated rings. The van der Waals surface area contributed by atoms with Crippen molar-refractivity contribution in [3.8, 4) is 5.75 Å². The van der Waals surface area contributed by atoms with Crippen molar-refractivity contribution in [1.82, 2.24) is 14.8 Å². The predicted octanol–water partition coefficient (Wildman–Crippen LogP) is 4.01. The number of hydrogen-bond acceptors (Lipinski definition) is 5. The number of aryl methyl sites for hydroxylation is 1. The first-order valence-electron chi connectivity index (χ1n) is 8.44. The minimum absolute atomic E-state index is 0.00600. The highest BCUT2D eigenvalue weighted by Crippen LogP contribution is 2.21. The topological polar surface area (TPSA) is 57.0 Å². The molecule has 3 aromatic rings. The summed E-state index contributed by atoms with van der Waals surface area (Å²) in [4.78, 5) is 11.6. The Morgan fingerprint density at radius 2 is 1.81 bits per heavy atom. The molecule has 0 saturated heterocycles. The number of rotatable bonds is 8. The lowest BCUT2D eigenvalue weighted by Crippen LogP contribution is -2.07. The Labute approximate surface area is 157 Å². The van der Waals surface area contributed by atoms with Gasteiger partial charge >= 0.3 is 0 Å². The molecule has 0 spiro atoms. The molecule has 6 heteroatoms. The van der Waals surface area contributed by atoms with Gasteiger partial charge in [0.05, 0.1) is 18.7 Å². The molecule has 0 amide bonds. The Morgan fingerprint density at radius 3 is 2.58 bits per heavy atom. The molecule has 0 unspecified atom stereocenters. The molecule has 0 N–H and O–H groups in total. The summed E-state index contributed by atoms with van der Waals surface area (Å²) < 4.78 is 7.89. The number of para-hydroxylation sites is 1. The smallest absolute Gasteiger partial charge is 0.191 e. The first kappa shape index (κ1) is 18.2. The van der Waals surface area contributed by atoms with Crippen LogP contribution in [0.5, 0.6) is 5.75 Å². The van der Waals surface area contributed by atoms with E-state index in [1.807, 2.05) is 43.3 Å². The number of ether oxygens (including phenoxy) is 1. The molecule has 1 aromatic heterocycles. The minimum Gasteiger partial charge on any atom is -0.492 e. The van der Waals surface area contributed by atoms with E-state index in [0.717, 1.165) is 23.3 Å². The van der Waals surface area contributed by atoms with Crippen LogP contribution in [0, 0.1) is 6.92 Å². The average molecular weight is 367 g/mol. The maximum Gasteiger partial charge on any atom is 0.191 e. The highest BCUT2D eigenvalue weighted by Gasteiger charge is 2.11. The fourth-order valence-corrected chi connectivity index (χ4v) is 3.38. The maximum absolute atomic E-state index is 11.6. The van der Waals surface area contributed by atoms with Gasteiger partial charge in [-0.3, -0.25) is 4.79 Å². The van der Waals surface area contributed by atoms with Crippen LogP contribution in [-0.2, 0) is 6.54 Å². The van der Waals surface area contributed by atoms with Crippen molar-refractivity contribution >= 4 is 17.5 Å². The third-order valence-electron chi connectivity index (χ3n) is 3.92. The quantitative estimate of drug-likeness (QED) is 0.342. The second kappa shape index (κ2) is 8.67. The minimum atomic E-state index is 0.00600. The third-order valence-corrected chi connectivity index (χ3v) is 4.85. The second-order valence-electron chi connectivity index (χ2n) is 5.85. The zero-order chi connectivity index (χ0) is 18.4. The molecule has 134 valence electrons. The van der Waals surface area contributed by atoms with Crippen LogP contribution in [0.15, 0.2) is 59.8 Å². The van der Waals surface area contributed by atoms with Gasteiger partial charge in [0, 0.05) is 5.75 Å². The summed E-state index contributed by atoms with van der Waals surface area (Å²) in [5.74, 6) is 2.24. The largest absolute Gasteiger partial charge is 0.492 e. The van der Waals surface area contributed by atoms with Crippen LogP contribution in [0.4, 0.5) is 0 Å². The van der Waals surface area contributed by atoms with Crippen LogP contribution in [0.25, 0.3) is 0 Å². The van der Waals surface area contributed by atoms with E-state index < -0.39 is 0 Å². The predicted molar refractivity (Wildman–Crippen MR) is 103 cm³/mol. The van der Waals surface area contributed by atoms with Crippen molar-refractivity contribution in [2.75, 3.05) is 12.4 Å². The van der Waals surface area contributed by atoms with Gasteiger partial charge in [-0.25, -0.2) is 0 Å². The Morgan fingerprint density at radius 1 is 1.08 bits per heavy atom. The van der Waals surface area contributed by atoms with Gasteiger partial charge in [0.15, 0.2) is 10.9 Å². The molecule has 3 rings (SSSR count). The lowest BCUT2D eigenvalue weighted by atomic mass is 10.1. The fraction of sp³-hybridized carbons (Fsp3) is 0.250. The highest BCUT2D eigenvalue weighted by molar-refractivity contribution is 7.99.